The van der Waals surface area contributed by atoms with Crippen LogP contribution in [-0.2, 0) is 0 Å². The number of hydrogen-bond acceptors (Lipinski definition) is 3. The van der Waals surface area contributed by atoms with Gasteiger partial charge in [0, 0.05) is 18.7 Å². The third-order valence-electron chi connectivity index (χ3n) is 3.69. The van der Waals surface area contributed by atoms with E-state index < -0.39 is 0 Å². The Morgan fingerprint density at radius 2 is 2.33 bits per heavy atom. The number of benzene rings is 1. The summed E-state index contributed by atoms with van der Waals surface area (Å²) in [5.41, 5.74) is 1.24. The maximum absolute atomic E-state index is 12.6. The number of amides is 1. The van der Waals surface area contributed by atoms with E-state index in [0.717, 1.165) is 19.5 Å². The SMILES string of the molecule is COc1ccc(C(=O)N2CCCC(C)C2)cc1C#CCO. The van der Waals surface area contributed by atoms with Crippen LogP contribution in [0.1, 0.15) is 35.7 Å². The van der Waals surface area contributed by atoms with E-state index in [1.165, 1.54) is 6.42 Å². The van der Waals surface area contributed by atoms with Crippen LogP contribution in [-0.4, -0.2) is 42.7 Å². The molecule has 0 radical (unpaired) electrons. The van der Waals surface area contributed by atoms with Gasteiger partial charge in [-0.05, 0) is 37.0 Å². The van der Waals surface area contributed by atoms with E-state index >= 15 is 0 Å². The molecule has 0 spiro atoms. The van der Waals surface area contributed by atoms with Gasteiger partial charge >= 0.3 is 0 Å². The van der Waals surface area contributed by atoms with Crippen molar-refractivity contribution in [1.82, 2.24) is 4.90 Å². The van der Waals surface area contributed by atoms with Gasteiger partial charge in [0.05, 0.1) is 12.7 Å². The Hall–Kier alpha value is -1.99. The molecule has 0 aliphatic carbocycles. The molecule has 1 amide bonds. The molecule has 2 rings (SSSR count). The number of aliphatic hydroxyl groups is 1. The second-order valence-corrected chi connectivity index (χ2v) is 5.37. The molecule has 1 aliphatic rings. The molecular weight excluding hydrogens is 266 g/mol. The fourth-order valence-electron chi connectivity index (χ4n) is 2.63. The Morgan fingerprint density at radius 1 is 1.52 bits per heavy atom. The minimum Gasteiger partial charge on any atom is -0.495 e. The van der Waals surface area contributed by atoms with E-state index in [0.29, 0.717) is 22.8 Å². The second kappa shape index (κ2) is 7.14. The molecule has 1 aromatic rings. The monoisotopic (exact) mass is 287 g/mol. The van der Waals surface area contributed by atoms with Gasteiger partial charge in [0.25, 0.3) is 5.91 Å². The summed E-state index contributed by atoms with van der Waals surface area (Å²) in [4.78, 5) is 14.5. The molecule has 112 valence electrons. The van der Waals surface area contributed by atoms with Crippen LogP contribution in [0.4, 0.5) is 0 Å². The number of piperidine rings is 1. The summed E-state index contributed by atoms with van der Waals surface area (Å²) in [5, 5.41) is 8.81. The number of nitrogens with zero attached hydrogens (tertiary/aromatic N) is 1. The summed E-state index contributed by atoms with van der Waals surface area (Å²) < 4.78 is 5.23. The number of likely N-dealkylation sites (tertiary alicyclic amines) is 1. The Balaban J connectivity index is 2.24. The molecule has 1 unspecified atom stereocenters. The van der Waals surface area contributed by atoms with Gasteiger partial charge in [-0.2, -0.15) is 0 Å². The second-order valence-electron chi connectivity index (χ2n) is 5.37. The largest absolute Gasteiger partial charge is 0.495 e. The van der Waals surface area contributed by atoms with Crippen molar-refractivity contribution in [2.45, 2.75) is 19.8 Å². The molecule has 0 aromatic heterocycles. The van der Waals surface area contributed by atoms with Gasteiger partial charge < -0.3 is 14.7 Å². The van der Waals surface area contributed by atoms with E-state index in [9.17, 15) is 4.79 Å². The Bertz CT molecular complexity index is 571. The third kappa shape index (κ3) is 3.77. The average Bonchev–Trinajstić information content (AvgIpc) is 2.51. The van der Waals surface area contributed by atoms with E-state index in [1.807, 2.05) is 4.90 Å². The van der Waals surface area contributed by atoms with Crippen molar-refractivity contribution in [2.75, 3.05) is 26.8 Å². The highest BCUT2D eigenvalue weighted by Gasteiger charge is 2.22. The average molecular weight is 287 g/mol. The van der Waals surface area contributed by atoms with Crippen molar-refractivity contribution < 1.29 is 14.6 Å². The molecule has 1 aromatic carbocycles. The van der Waals surface area contributed by atoms with E-state index in [2.05, 4.69) is 18.8 Å². The van der Waals surface area contributed by atoms with Crippen LogP contribution in [0, 0.1) is 17.8 Å². The van der Waals surface area contributed by atoms with Crippen molar-refractivity contribution in [3.8, 4) is 17.6 Å². The number of aliphatic hydroxyl groups excluding tert-OH is 1. The first-order chi connectivity index (χ1) is 10.2. The highest BCUT2D eigenvalue weighted by atomic mass is 16.5. The lowest BCUT2D eigenvalue weighted by Crippen LogP contribution is -2.39. The number of rotatable bonds is 2. The third-order valence-corrected chi connectivity index (χ3v) is 3.69. The highest BCUT2D eigenvalue weighted by Crippen LogP contribution is 2.22. The Kier molecular flexibility index (Phi) is 5.24. The van der Waals surface area contributed by atoms with Crippen LogP contribution in [0.15, 0.2) is 18.2 Å². The lowest BCUT2D eigenvalue weighted by molar-refractivity contribution is 0.0683. The number of methoxy groups -OCH3 is 1. The Labute approximate surface area is 125 Å². The van der Waals surface area contributed by atoms with Crippen LogP contribution in [0.3, 0.4) is 0 Å². The molecule has 1 atom stereocenters. The summed E-state index contributed by atoms with van der Waals surface area (Å²) in [6.07, 6.45) is 2.24. The predicted octanol–water partition coefficient (Wildman–Crippen LogP) is 1.91. The molecule has 1 N–H and O–H groups in total. The molecule has 0 bridgehead atoms. The first kappa shape index (κ1) is 15.4. The van der Waals surface area contributed by atoms with Crippen molar-refractivity contribution in [2.24, 2.45) is 5.92 Å². The first-order valence-electron chi connectivity index (χ1n) is 7.22. The minimum atomic E-state index is -0.217. The zero-order valence-corrected chi connectivity index (χ0v) is 12.6. The number of hydrogen-bond donors (Lipinski definition) is 1. The number of ether oxygens (including phenoxy) is 1. The van der Waals surface area contributed by atoms with Gasteiger partial charge in [-0.3, -0.25) is 4.79 Å². The fourth-order valence-corrected chi connectivity index (χ4v) is 2.63. The lowest BCUT2D eigenvalue weighted by atomic mass is 9.99. The van der Waals surface area contributed by atoms with E-state index in [-0.39, 0.29) is 12.5 Å². The minimum absolute atomic E-state index is 0.0382. The summed E-state index contributed by atoms with van der Waals surface area (Å²) in [5.74, 6) is 6.62. The molecule has 4 nitrogen and oxygen atoms in total. The molecule has 4 heteroatoms. The topological polar surface area (TPSA) is 49.8 Å². The quantitative estimate of drug-likeness (QED) is 0.845. The molecule has 1 saturated heterocycles. The number of carbonyl (C=O) groups excluding carboxylic acids is 1. The smallest absolute Gasteiger partial charge is 0.253 e. The summed E-state index contributed by atoms with van der Waals surface area (Å²) in [6, 6.07) is 5.26. The molecule has 21 heavy (non-hydrogen) atoms. The zero-order valence-electron chi connectivity index (χ0n) is 12.6. The maximum atomic E-state index is 12.6. The lowest BCUT2D eigenvalue weighted by Gasteiger charge is -2.31. The van der Waals surface area contributed by atoms with Crippen molar-refractivity contribution in [3.05, 3.63) is 29.3 Å². The fraction of sp³-hybridized carbons (Fsp3) is 0.471. The van der Waals surface area contributed by atoms with Gasteiger partial charge in [0.2, 0.25) is 0 Å². The van der Waals surface area contributed by atoms with Crippen LogP contribution < -0.4 is 4.74 Å². The van der Waals surface area contributed by atoms with Gasteiger partial charge in [0.1, 0.15) is 12.4 Å². The van der Waals surface area contributed by atoms with Crippen molar-refractivity contribution in [3.63, 3.8) is 0 Å². The molecule has 1 aliphatic heterocycles. The zero-order chi connectivity index (χ0) is 15.2. The Morgan fingerprint density at radius 3 is 3.00 bits per heavy atom. The van der Waals surface area contributed by atoms with Crippen molar-refractivity contribution >= 4 is 5.91 Å². The van der Waals surface area contributed by atoms with Crippen LogP contribution in [0.5, 0.6) is 5.75 Å². The summed E-state index contributed by atoms with van der Waals surface area (Å²) >= 11 is 0. The highest BCUT2D eigenvalue weighted by molar-refractivity contribution is 5.95. The molecule has 1 fully saturated rings. The van der Waals surface area contributed by atoms with Gasteiger partial charge in [-0.1, -0.05) is 18.8 Å². The first-order valence-corrected chi connectivity index (χ1v) is 7.22. The molecule has 1 heterocycles. The predicted molar refractivity (Wildman–Crippen MR) is 81.3 cm³/mol. The number of carbonyl (C=O) groups is 1. The normalized spacial score (nSPS) is 17.9. The van der Waals surface area contributed by atoms with Gasteiger partial charge in [-0.25, -0.2) is 0 Å². The van der Waals surface area contributed by atoms with Gasteiger partial charge in [-0.15, -0.1) is 0 Å². The summed E-state index contributed by atoms with van der Waals surface area (Å²) in [6.45, 7) is 3.58. The van der Waals surface area contributed by atoms with Gasteiger partial charge in [0.15, 0.2) is 0 Å². The standard InChI is InChI=1S/C17H21NO3/c1-13-5-3-9-18(12-13)17(20)15-7-8-16(21-2)14(11-15)6-4-10-19/h7-8,11,13,19H,3,5,9-10,12H2,1-2H3. The van der Waals surface area contributed by atoms with E-state index in [1.54, 1.807) is 25.3 Å². The van der Waals surface area contributed by atoms with E-state index in [4.69, 9.17) is 9.84 Å². The summed E-state index contributed by atoms with van der Waals surface area (Å²) in [7, 11) is 1.56. The van der Waals surface area contributed by atoms with Crippen LogP contribution >= 0.6 is 0 Å². The van der Waals surface area contributed by atoms with Crippen LogP contribution in [0.2, 0.25) is 0 Å². The van der Waals surface area contributed by atoms with Crippen molar-refractivity contribution in [1.29, 1.82) is 0 Å². The van der Waals surface area contributed by atoms with Crippen LogP contribution in [0.25, 0.3) is 0 Å². The molecule has 0 saturated carbocycles. The maximum Gasteiger partial charge on any atom is 0.253 e. The molecular formula is C17H21NO3.